The number of nitrogens with one attached hydrogen (secondary N) is 4. The summed E-state index contributed by atoms with van der Waals surface area (Å²) < 4.78 is 21.2. The van der Waals surface area contributed by atoms with Crippen molar-refractivity contribution in [3.8, 4) is 0 Å². The molecule has 244 valence electrons. The third-order valence-electron chi connectivity index (χ3n) is 6.45. The molecular formula is C29H52BN5O8. The van der Waals surface area contributed by atoms with Crippen LogP contribution < -0.4 is 27.0 Å². The highest BCUT2D eigenvalue weighted by atomic mass is 16.5. The lowest BCUT2D eigenvalue weighted by molar-refractivity contribution is -0.126. The summed E-state index contributed by atoms with van der Waals surface area (Å²) in [5, 5.41) is 11.7. The van der Waals surface area contributed by atoms with Gasteiger partial charge in [0.25, 0.3) is 0 Å². The van der Waals surface area contributed by atoms with E-state index in [0.717, 1.165) is 25.0 Å². The quantitative estimate of drug-likeness (QED) is 0.0676. The average Bonchev–Trinajstić information content (AvgIpc) is 2.98. The highest BCUT2D eigenvalue weighted by Gasteiger charge is 2.26. The molecule has 43 heavy (non-hydrogen) atoms. The third kappa shape index (κ3) is 20.6. The molecule has 14 heteroatoms. The van der Waals surface area contributed by atoms with Crippen LogP contribution in [0.1, 0.15) is 58.8 Å². The Morgan fingerprint density at radius 2 is 1.60 bits per heavy atom. The van der Waals surface area contributed by atoms with Crippen LogP contribution in [0.3, 0.4) is 0 Å². The van der Waals surface area contributed by atoms with Gasteiger partial charge in [-0.15, -0.1) is 0 Å². The number of allylic oxidation sites excluding steroid dienone is 2. The Morgan fingerprint density at radius 1 is 0.953 bits per heavy atom. The number of carbonyl (C=O) groups excluding carboxylic acids is 4. The van der Waals surface area contributed by atoms with Crippen LogP contribution in [0.2, 0.25) is 0 Å². The monoisotopic (exact) mass is 609 g/mol. The van der Waals surface area contributed by atoms with Crippen molar-refractivity contribution < 1.29 is 38.1 Å². The van der Waals surface area contributed by atoms with Crippen LogP contribution >= 0.6 is 0 Å². The Morgan fingerprint density at radius 3 is 2.28 bits per heavy atom. The van der Waals surface area contributed by atoms with E-state index in [1.54, 1.807) is 6.20 Å². The third-order valence-corrected chi connectivity index (χ3v) is 6.45. The van der Waals surface area contributed by atoms with Gasteiger partial charge in [-0.1, -0.05) is 6.08 Å². The Balaban J connectivity index is 2.11. The maximum Gasteiger partial charge on any atom is 0.246 e. The molecule has 0 heterocycles. The minimum Gasteiger partial charge on any atom is -0.401 e. The lowest BCUT2D eigenvalue weighted by atomic mass is 9.91. The van der Waals surface area contributed by atoms with Crippen LogP contribution in [0.25, 0.3) is 0 Å². The molecule has 0 radical (unpaired) electrons. The molecule has 0 aromatic rings. The largest absolute Gasteiger partial charge is 0.401 e. The number of hydrogen-bond acceptors (Lipinski definition) is 10. The fraction of sp³-hybridized carbons (Fsp3) is 0.724. The summed E-state index contributed by atoms with van der Waals surface area (Å²) in [5.74, 6) is -0.741. The Bertz CT molecular complexity index is 902. The van der Waals surface area contributed by atoms with Gasteiger partial charge < -0.3 is 50.7 Å². The second kappa shape index (κ2) is 24.5. The number of rotatable bonds is 25. The fourth-order valence-electron chi connectivity index (χ4n) is 4.05. The number of hydrogen-bond donors (Lipinski definition) is 5. The van der Waals surface area contributed by atoms with Crippen LogP contribution in [0.15, 0.2) is 23.7 Å². The van der Waals surface area contributed by atoms with Gasteiger partial charge in [-0.2, -0.15) is 0 Å². The zero-order chi connectivity index (χ0) is 31.7. The minimum absolute atomic E-state index is 0.0590. The van der Waals surface area contributed by atoms with E-state index in [4.69, 9.17) is 24.7 Å². The van der Waals surface area contributed by atoms with E-state index >= 15 is 0 Å². The second-order valence-electron chi connectivity index (χ2n) is 10.3. The standard InChI is InChI=1S/C29H52BN5O8/c1-3-40-16-17-41-15-13-33-28(38)21-43-19-18-42-14-12-32-27(37)11-8-22(2)35-29(39)24-6-4-5-7-25(24)34-20-23(31)9-10-26(30)36/h7,20,22,24,34H,3-6,8-19,21,30-31H2,1-2H3,(H,32,37)(H,33,38)(H,35,39)/b23-20-/t22-,24-/m1/s1. The summed E-state index contributed by atoms with van der Waals surface area (Å²) >= 11 is 0. The van der Waals surface area contributed by atoms with Gasteiger partial charge >= 0.3 is 0 Å². The molecule has 1 rings (SSSR count). The summed E-state index contributed by atoms with van der Waals surface area (Å²) in [6.07, 6.45) is 7.83. The van der Waals surface area contributed by atoms with Gasteiger partial charge in [0, 0.05) is 56.2 Å². The Labute approximate surface area is 256 Å². The number of nitrogens with two attached hydrogens (primary N) is 1. The summed E-state index contributed by atoms with van der Waals surface area (Å²) in [5.41, 5.74) is 7.41. The van der Waals surface area contributed by atoms with Crippen LogP contribution in [-0.2, 0) is 38.1 Å². The van der Waals surface area contributed by atoms with E-state index in [-0.39, 0.29) is 55.0 Å². The summed E-state index contributed by atoms with van der Waals surface area (Å²) in [7, 11) is 1.53. The highest BCUT2D eigenvalue weighted by molar-refractivity contribution is 6.57. The molecule has 1 aliphatic carbocycles. The molecule has 0 aliphatic heterocycles. The first kappa shape index (κ1) is 38.1. The molecule has 0 unspecified atom stereocenters. The lowest BCUT2D eigenvalue weighted by Crippen LogP contribution is -2.41. The van der Waals surface area contributed by atoms with Crippen molar-refractivity contribution >= 4 is 31.3 Å². The van der Waals surface area contributed by atoms with E-state index in [1.165, 1.54) is 7.85 Å². The van der Waals surface area contributed by atoms with Crippen LogP contribution in [0, 0.1) is 5.92 Å². The molecule has 0 fully saturated rings. The zero-order valence-electron chi connectivity index (χ0n) is 26.2. The first-order valence-corrected chi connectivity index (χ1v) is 15.3. The van der Waals surface area contributed by atoms with Crippen molar-refractivity contribution in [3.63, 3.8) is 0 Å². The maximum absolute atomic E-state index is 12.9. The number of ether oxygens (including phenoxy) is 4. The van der Waals surface area contributed by atoms with Crippen LogP contribution in [0.5, 0.6) is 0 Å². The number of carbonyl (C=O) groups is 4. The van der Waals surface area contributed by atoms with Crippen molar-refractivity contribution in [1.82, 2.24) is 21.3 Å². The predicted molar refractivity (Wildman–Crippen MR) is 165 cm³/mol. The van der Waals surface area contributed by atoms with E-state index in [2.05, 4.69) is 21.3 Å². The smallest absolute Gasteiger partial charge is 0.246 e. The molecule has 1 aliphatic rings. The van der Waals surface area contributed by atoms with Gasteiger partial charge in [0.1, 0.15) is 6.61 Å². The van der Waals surface area contributed by atoms with E-state index < -0.39 is 0 Å². The van der Waals surface area contributed by atoms with E-state index in [0.29, 0.717) is 77.7 Å². The predicted octanol–water partition coefficient (Wildman–Crippen LogP) is -0.396. The lowest BCUT2D eigenvalue weighted by Gasteiger charge is -2.25. The van der Waals surface area contributed by atoms with Gasteiger partial charge in [-0.3, -0.25) is 14.4 Å². The van der Waals surface area contributed by atoms with Crippen molar-refractivity contribution in [2.24, 2.45) is 11.7 Å². The molecule has 0 saturated carbocycles. The van der Waals surface area contributed by atoms with Gasteiger partial charge in [-0.25, -0.2) is 0 Å². The average molecular weight is 610 g/mol. The minimum atomic E-state index is -0.312. The Hall–Kier alpha value is -2.94. The van der Waals surface area contributed by atoms with Crippen LogP contribution in [-0.4, -0.2) is 103 Å². The van der Waals surface area contributed by atoms with Crippen LogP contribution in [0.4, 0.5) is 0 Å². The molecular weight excluding hydrogens is 557 g/mol. The van der Waals surface area contributed by atoms with Gasteiger partial charge in [0.15, 0.2) is 7.85 Å². The molecule has 0 aromatic carbocycles. The molecule has 0 aromatic heterocycles. The molecule has 0 saturated heterocycles. The molecule has 13 nitrogen and oxygen atoms in total. The summed E-state index contributed by atoms with van der Waals surface area (Å²) in [6, 6.07) is -0.170. The zero-order valence-corrected chi connectivity index (χ0v) is 26.2. The normalized spacial score (nSPS) is 15.7. The van der Waals surface area contributed by atoms with Gasteiger partial charge in [0.05, 0.1) is 51.2 Å². The second-order valence-corrected chi connectivity index (χ2v) is 10.3. The fourth-order valence-corrected chi connectivity index (χ4v) is 4.05. The molecule has 6 N–H and O–H groups in total. The Kier molecular flexibility index (Phi) is 21.7. The molecule has 0 bridgehead atoms. The molecule has 3 amide bonds. The van der Waals surface area contributed by atoms with E-state index in [9.17, 15) is 19.2 Å². The van der Waals surface area contributed by atoms with Crippen molar-refractivity contribution in [2.45, 2.75) is 64.8 Å². The van der Waals surface area contributed by atoms with Gasteiger partial charge in [0.2, 0.25) is 17.7 Å². The SMILES string of the molecule is BC(=O)CC/C(N)=C/NC1=CCCC[C@H]1C(=O)N[C@H](C)CCC(=O)NCCOCCOCC(=O)NCCOCCOCC. The molecule has 2 atom stereocenters. The topological polar surface area (TPSA) is 179 Å². The first-order valence-electron chi connectivity index (χ1n) is 15.3. The summed E-state index contributed by atoms with van der Waals surface area (Å²) in [6.45, 7) is 7.49. The summed E-state index contributed by atoms with van der Waals surface area (Å²) in [4.78, 5) is 48.0. The van der Waals surface area contributed by atoms with E-state index in [1.807, 2.05) is 19.9 Å². The first-order chi connectivity index (χ1) is 20.7. The van der Waals surface area contributed by atoms with Crippen molar-refractivity contribution in [1.29, 1.82) is 0 Å². The number of amides is 3. The van der Waals surface area contributed by atoms with Crippen molar-refractivity contribution in [2.75, 3.05) is 65.9 Å². The van der Waals surface area contributed by atoms with Crippen molar-refractivity contribution in [3.05, 3.63) is 23.7 Å². The maximum atomic E-state index is 12.9. The highest BCUT2D eigenvalue weighted by Crippen LogP contribution is 2.23. The van der Waals surface area contributed by atoms with Gasteiger partial charge in [-0.05, 0) is 46.0 Å². The molecule has 0 spiro atoms.